The van der Waals surface area contributed by atoms with Crippen molar-refractivity contribution in [2.24, 2.45) is 5.73 Å². The number of carbonyl (C=O) groups is 3. The summed E-state index contributed by atoms with van der Waals surface area (Å²) in [6.45, 7) is 1.89. The number of ketones is 1. The summed E-state index contributed by atoms with van der Waals surface area (Å²) in [4.78, 5) is 42.1. The number of nitrogens with zero attached hydrogens (tertiary/aromatic N) is 3. The van der Waals surface area contributed by atoms with Crippen molar-refractivity contribution >= 4 is 29.3 Å². The zero-order valence-electron chi connectivity index (χ0n) is 15.9. The third-order valence-corrected chi connectivity index (χ3v) is 4.75. The molecular formula is C18H22F2N4O5. The number of nitrogens with two attached hydrogens (primary N) is 1. The molecule has 0 bridgehead atoms. The summed E-state index contributed by atoms with van der Waals surface area (Å²) < 4.78 is 34.7. The van der Waals surface area contributed by atoms with Crippen LogP contribution in [0.3, 0.4) is 0 Å². The number of urea groups is 1. The molecule has 1 atom stereocenters. The fourth-order valence-corrected chi connectivity index (χ4v) is 3.30. The molecule has 3 amide bonds. The molecule has 2 N–H and O–H groups in total. The average molecular weight is 412 g/mol. The Kier molecular flexibility index (Phi) is 6.16. The van der Waals surface area contributed by atoms with Gasteiger partial charge in [-0.2, -0.15) is 0 Å². The van der Waals surface area contributed by atoms with Crippen LogP contribution < -0.4 is 15.5 Å². The molecule has 0 unspecified atom stereocenters. The van der Waals surface area contributed by atoms with Crippen LogP contribution in [0, 0.1) is 11.6 Å². The van der Waals surface area contributed by atoms with Gasteiger partial charge in [0, 0.05) is 31.6 Å². The van der Waals surface area contributed by atoms with Crippen molar-refractivity contribution in [3.05, 3.63) is 23.8 Å². The lowest BCUT2D eigenvalue weighted by molar-refractivity contribution is -0.117. The number of hydroxylamine groups is 2. The smallest absolute Gasteiger partial charge is 0.414 e. The number of anilines is 2. The Morgan fingerprint density at radius 1 is 1.21 bits per heavy atom. The van der Waals surface area contributed by atoms with Gasteiger partial charge >= 0.3 is 12.1 Å². The fourth-order valence-electron chi connectivity index (χ4n) is 3.30. The molecule has 2 saturated heterocycles. The van der Waals surface area contributed by atoms with Gasteiger partial charge in [-0.25, -0.2) is 23.4 Å². The van der Waals surface area contributed by atoms with Gasteiger partial charge in [-0.05, 0) is 13.3 Å². The van der Waals surface area contributed by atoms with Crippen molar-refractivity contribution in [1.29, 1.82) is 0 Å². The highest BCUT2D eigenvalue weighted by atomic mass is 19.1. The van der Waals surface area contributed by atoms with Crippen molar-refractivity contribution in [3.8, 4) is 0 Å². The molecule has 2 aliphatic rings. The molecule has 2 fully saturated rings. The Bertz CT molecular complexity index is 798. The fraction of sp³-hybridized carbons (Fsp3) is 0.500. The maximum Gasteiger partial charge on any atom is 0.414 e. The number of primary amides is 1. The van der Waals surface area contributed by atoms with Gasteiger partial charge in [0.2, 0.25) is 0 Å². The van der Waals surface area contributed by atoms with Crippen LogP contribution >= 0.6 is 0 Å². The molecule has 0 aliphatic carbocycles. The molecule has 3 rings (SSSR count). The van der Waals surface area contributed by atoms with Crippen molar-refractivity contribution in [3.63, 3.8) is 0 Å². The van der Waals surface area contributed by atoms with Crippen LogP contribution in [0.25, 0.3) is 0 Å². The minimum atomic E-state index is -0.854. The number of rotatable bonds is 5. The maximum absolute atomic E-state index is 14.8. The van der Waals surface area contributed by atoms with Crippen LogP contribution in [0.2, 0.25) is 0 Å². The minimum Gasteiger partial charge on any atom is -0.444 e. The van der Waals surface area contributed by atoms with E-state index < -0.39 is 29.9 Å². The number of amides is 3. The molecule has 2 aliphatic heterocycles. The predicted octanol–water partition coefficient (Wildman–Crippen LogP) is 1.79. The van der Waals surface area contributed by atoms with Crippen molar-refractivity contribution in [2.75, 3.05) is 42.6 Å². The first-order chi connectivity index (χ1) is 13.8. The van der Waals surface area contributed by atoms with E-state index in [2.05, 4.69) is 0 Å². The molecule has 0 spiro atoms. The minimum absolute atomic E-state index is 0.0276. The lowest BCUT2D eigenvalue weighted by Crippen LogP contribution is -2.38. The lowest BCUT2D eigenvalue weighted by Gasteiger charge is -2.24. The lowest BCUT2D eigenvalue weighted by atomic mass is 10.1. The second kappa shape index (κ2) is 8.60. The number of hydrogen-bond acceptors (Lipinski definition) is 6. The first-order valence-corrected chi connectivity index (χ1v) is 9.17. The van der Waals surface area contributed by atoms with Crippen molar-refractivity contribution in [1.82, 2.24) is 5.06 Å². The van der Waals surface area contributed by atoms with Gasteiger partial charge in [0.05, 0.1) is 25.4 Å². The van der Waals surface area contributed by atoms with E-state index in [0.717, 1.165) is 22.1 Å². The van der Waals surface area contributed by atoms with Crippen LogP contribution in [0.4, 0.5) is 29.7 Å². The van der Waals surface area contributed by atoms with E-state index in [9.17, 15) is 23.2 Å². The molecule has 0 saturated carbocycles. The molecule has 0 radical (unpaired) electrons. The van der Waals surface area contributed by atoms with Crippen molar-refractivity contribution in [2.45, 2.75) is 25.9 Å². The number of cyclic esters (lactones) is 1. The molecular weight excluding hydrogens is 390 g/mol. The van der Waals surface area contributed by atoms with E-state index in [-0.39, 0.29) is 56.4 Å². The SMILES string of the molecule is CC(=O)CC[C@H]1CN(c2cc(F)c(N3CCON(C(N)=O)CC3)c(F)c2)C(=O)O1. The summed E-state index contributed by atoms with van der Waals surface area (Å²) in [6.07, 6.45) is -0.623. The second-order valence-corrected chi connectivity index (χ2v) is 6.88. The van der Waals surface area contributed by atoms with E-state index in [0.29, 0.717) is 6.42 Å². The zero-order chi connectivity index (χ0) is 21.1. The maximum atomic E-state index is 14.8. The van der Waals surface area contributed by atoms with E-state index >= 15 is 0 Å². The largest absolute Gasteiger partial charge is 0.444 e. The van der Waals surface area contributed by atoms with Gasteiger partial charge in [-0.15, -0.1) is 0 Å². The summed E-state index contributed by atoms with van der Waals surface area (Å²) in [7, 11) is 0. The molecule has 11 heteroatoms. The number of Topliss-reactive ketones (excluding diaryl/α,β-unsaturated/α-hetero) is 1. The van der Waals surface area contributed by atoms with Gasteiger partial charge in [0.15, 0.2) is 11.6 Å². The van der Waals surface area contributed by atoms with E-state index in [1.54, 1.807) is 0 Å². The van der Waals surface area contributed by atoms with E-state index in [1.165, 1.54) is 11.8 Å². The van der Waals surface area contributed by atoms with Gasteiger partial charge in [0.1, 0.15) is 17.6 Å². The molecule has 29 heavy (non-hydrogen) atoms. The molecule has 1 aromatic carbocycles. The van der Waals surface area contributed by atoms with E-state index in [4.69, 9.17) is 15.3 Å². The summed E-state index contributed by atoms with van der Waals surface area (Å²) >= 11 is 0. The Morgan fingerprint density at radius 3 is 2.52 bits per heavy atom. The number of benzene rings is 1. The summed E-state index contributed by atoms with van der Waals surface area (Å²) in [5.74, 6) is -1.74. The molecule has 158 valence electrons. The normalized spacial score (nSPS) is 19.9. The highest BCUT2D eigenvalue weighted by Crippen LogP contribution is 2.31. The molecule has 2 heterocycles. The third kappa shape index (κ3) is 4.73. The highest BCUT2D eigenvalue weighted by molar-refractivity contribution is 5.90. The van der Waals surface area contributed by atoms with Crippen LogP contribution in [-0.2, 0) is 14.4 Å². The third-order valence-electron chi connectivity index (χ3n) is 4.75. The topological polar surface area (TPSA) is 105 Å². The summed E-state index contributed by atoms with van der Waals surface area (Å²) in [5.41, 5.74) is 4.92. The van der Waals surface area contributed by atoms with Gasteiger partial charge in [-0.3, -0.25) is 9.74 Å². The van der Waals surface area contributed by atoms with Gasteiger partial charge in [-0.1, -0.05) is 0 Å². The number of halogens is 2. The van der Waals surface area contributed by atoms with Gasteiger partial charge < -0.3 is 20.2 Å². The molecule has 1 aromatic rings. The average Bonchev–Trinajstić information content (AvgIpc) is 2.85. The number of ether oxygens (including phenoxy) is 1. The highest BCUT2D eigenvalue weighted by Gasteiger charge is 2.34. The zero-order valence-corrected chi connectivity index (χ0v) is 15.9. The molecule has 9 nitrogen and oxygen atoms in total. The second-order valence-electron chi connectivity index (χ2n) is 6.88. The van der Waals surface area contributed by atoms with Crippen molar-refractivity contribution < 1.29 is 32.7 Å². The number of carbonyl (C=O) groups excluding carboxylic acids is 3. The van der Waals surface area contributed by atoms with Crippen LogP contribution in [0.5, 0.6) is 0 Å². The Morgan fingerprint density at radius 2 is 1.90 bits per heavy atom. The molecule has 0 aromatic heterocycles. The summed E-state index contributed by atoms with van der Waals surface area (Å²) in [5, 5.41) is 0.936. The van der Waals surface area contributed by atoms with Crippen LogP contribution in [0.15, 0.2) is 12.1 Å². The Labute approximate surface area is 165 Å². The first-order valence-electron chi connectivity index (χ1n) is 9.17. The first kappa shape index (κ1) is 20.8. The quantitative estimate of drug-likeness (QED) is 0.791. The summed E-state index contributed by atoms with van der Waals surface area (Å²) in [6, 6.07) is 1.34. The number of hydrogen-bond donors (Lipinski definition) is 1. The van der Waals surface area contributed by atoms with Crippen LogP contribution in [0.1, 0.15) is 19.8 Å². The van der Waals surface area contributed by atoms with Crippen LogP contribution in [-0.4, -0.2) is 61.9 Å². The Balaban J connectivity index is 1.75. The van der Waals surface area contributed by atoms with Gasteiger partial charge in [0.25, 0.3) is 0 Å². The monoisotopic (exact) mass is 412 g/mol. The standard InChI is InChI=1S/C18H22F2N4O5/c1-11(25)2-3-13-10-23(18(27)29-13)12-8-14(19)16(15(20)9-12)22-4-5-24(17(21)26)28-7-6-22/h8-9,13H,2-7,10H2,1H3,(H2,21,26)/t13-/m0/s1. The van der Waals surface area contributed by atoms with E-state index in [1.807, 2.05) is 0 Å². The Hall–Kier alpha value is -2.95. The predicted molar refractivity (Wildman–Crippen MR) is 98.3 cm³/mol.